The molecule has 2 aromatic heterocycles. The van der Waals surface area contributed by atoms with Gasteiger partial charge >= 0.3 is 0 Å². The van der Waals surface area contributed by atoms with Crippen molar-refractivity contribution >= 4 is 28.1 Å². The van der Waals surface area contributed by atoms with Crippen LogP contribution in [0.15, 0.2) is 35.7 Å². The van der Waals surface area contributed by atoms with Crippen LogP contribution in [0.1, 0.15) is 16.9 Å². The smallest absolute Gasteiger partial charge is 0.270 e. The molecule has 4 rings (SSSR count). The van der Waals surface area contributed by atoms with Gasteiger partial charge in [0.2, 0.25) is 0 Å². The molecule has 2 N–H and O–H groups in total. The molecule has 0 unspecified atom stereocenters. The summed E-state index contributed by atoms with van der Waals surface area (Å²) < 4.78 is 5.34. The number of fused-ring (bicyclic) bond motifs is 1. The first kappa shape index (κ1) is 17.2. The number of carbonyl (C=O) groups excluding carboxylic acids is 1. The topological polar surface area (TPSA) is 70.2 Å². The Morgan fingerprint density at radius 1 is 1.31 bits per heavy atom. The van der Waals surface area contributed by atoms with Gasteiger partial charge in [0.15, 0.2) is 0 Å². The molecule has 6 nitrogen and oxygen atoms in total. The van der Waals surface area contributed by atoms with Crippen molar-refractivity contribution in [1.82, 2.24) is 20.2 Å². The molecule has 1 aromatic carbocycles. The zero-order valence-corrected chi connectivity index (χ0v) is 15.3. The van der Waals surface area contributed by atoms with E-state index in [-0.39, 0.29) is 5.91 Å². The number of hydrogen-bond acceptors (Lipinski definition) is 5. The summed E-state index contributed by atoms with van der Waals surface area (Å²) in [5, 5.41) is 6.76. The number of carbonyl (C=O) groups is 1. The van der Waals surface area contributed by atoms with Gasteiger partial charge in [-0.1, -0.05) is 18.2 Å². The molecule has 0 bridgehead atoms. The molecular weight excluding hydrogens is 348 g/mol. The monoisotopic (exact) mass is 370 g/mol. The van der Waals surface area contributed by atoms with E-state index in [1.165, 1.54) is 11.3 Å². The Morgan fingerprint density at radius 3 is 3.00 bits per heavy atom. The molecule has 1 saturated heterocycles. The third-order valence-corrected chi connectivity index (χ3v) is 5.41. The fourth-order valence-corrected chi connectivity index (χ4v) is 3.88. The lowest BCUT2D eigenvalue weighted by molar-refractivity contribution is 0.0374. The van der Waals surface area contributed by atoms with Crippen LogP contribution in [0.25, 0.3) is 21.6 Å². The molecule has 136 valence electrons. The molecule has 3 aromatic rings. The van der Waals surface area contributed by atoms with E-state index >= 15 is 0 Å². The number of hydrogen-bond donors (Lipinski definition) is 2. The van der Waals surface area contributed by atoms with Crippen LogP contribution in [0.4, 0.5) is 0 Å². The summed E-state index contributed by atoms with van der Waals surface area (Å²) >= 11 is 1.48. The number of benzene rings is 1. The van der Waals surface area contributed by atoms with Crippen molar-refractivity contribution in [2.45, 2.75) is 6.42 Å². The Kier molecular flexibility index (Phi) is 5.29. The van der Waals surface area contributed by atoms with E-state index in [1.54, 1.807) is 0 Å². The molecule has 1 aliphatic rings. The number of thiazole rings is 1. The summed E-state index contributed by atoms with van der Waals surface area (Å²) in [5.74, 6) is -0.106. The lowest BCUT2D eigenvalue weighted by Crippen LogP contribution is -2.38. The third kappa shape index (κ3) is 3.95. The van der Waals surface area contributed by atoms with Gasteiger partial charge in [-0.3, -0.25) is 9.69 Å². The van der Waals surface area contributed by atoms with Crippen LogP contribution in [0, 0.1) is 0 Å². The van der Waals surface area contributed by atoms with Crippen LogP contribution in [0.3, 0.4) is 0 Å². The second-order valence-electron chi connectivity index (χ2n) is 6.37. The Bertz CT molecular complexity index is 849. The average molecular weight is 370 g/mol. The van der Waals surface area contributed by atoms with Gasteiger partial charge in [0.05, 0.1) is 18.9 Å². The minimum atomic E-state index is -0.106. The van der Waals surface area contributed by atoms with E-state index < -0.39 is 0 Å². The number of nitrogens with zero attached hydrogens (tertiary/aromatic N) is 2. The highest BCUT2D eigenvalue weighted by Gasteiger charge is 2.14. The summed E-state index contributed by atoms with van der Waals surface area (Å²) in [4.78, 5) is 22.5. The standard InChI is InChI=1S/C19H22N4O2S/c24-18(20-6-3-7-23-8-10-25-11-9-23)17-13-26-19(22-17)16-12-14-4-1-2-5-15(14)21-16/h1-2,4-5,12-13,21H,3,6-11H2,(H,20,24). The molecule has 1 fully saturated rings. The fraction of sp³-hybridized carbons (Fsp3) is 0.368. The summed E-state index contributed by atoms with van der Waals surface area (Å²) in [7, 11) is 0. The summed E-state index contributed by atoms with van der Waals surface area (Å²) in [6.07, 6.45) is 0.935. The summed E-state index contributed by atoms with van der Waals surface area (Å²) in [6.45, 7) is 5.22. The Morgan fingerprint density at radius 2 is 2.15 bits per heavy atom. The third-order valence-electron chi connectivity index (χ3n) is 4.54. The Labute approximate surface area is 156 Å². The zero-order chi connectivity index (χ0) is 17.8. The van der Waals surface area contributed by atoms with Crippen molar-refractivity contribution in [3.8, 4) is 10.7 Å². The highest BCUT2D eigenvalue weighted by atomic mass is 32.1. The molecule has 0 radical (unpaired) electrons. The van der Waals surface area contributed by atoms with Gasteiger partial charge in [-0.25, -0.2) is 4.98 Å². The fourth-order valence-electron chi connectivity index (χ4n) is 3.11. The second kappa shape index (κ2) is 7.99. The van der Waals surface area contributed by atoms with E-state index in [1.807, 2.05) is 23.6 Å². The highest BCUT2D eigenvalue weighted by molar-refractivity contribution is 7.13. The van der Waals surface area contributed by atoms with Crippen LogP contribution in [-0.4, -0.2) is 60.2 Å². The van der Waals surface area contributed by atoms with Crippen LogP contribution in [-0.2, 0) is 4.74 Å². The molecule has 1 amide bonds. The number of morpholine rings is 1. The molecule has 0 spiro atoms. The lowest BCUT2D eigenvalue weighted by Gasteiger charge is -2.26. The molecule has 26 heavy (non-hydrogen) atoms. The first-order valence-corrected chi connectivity index (χ1v) is 9.79. The zero-order valence-electron chi connectivity index (χ0n) is 14.5. The van der Waals surface area contributed by atoms with Gasteiger partial charge in [0, 0.05) is 35.9 Å². The van der Waals surface area contributed by atoms with Crippen LogP contribution < -0.4 is 5.32 Å². The van der Waals surface area contributed by atoms with Crippen molar-refractivity contribution in [2.75, 3.05) is 39.4 Å². The molecular formula is C19H22N4O2S. The number of nitrogens with one attached hydrogen (secondary N) is 2. The maximum absolute atomic E-state index is 12.3. The molecule has 1 aliphatic heterocycles. The number of ether oxygens (including phenoxy) is 1. The van der Waals surface area contributed by atoms with Crippen molar-refractivity contribution in [1.29, 1.82) is 0 Å². The average Bonchev–Trinajstić information content (AvgIpc) is 3.32. The molecule has 0 aliphatic carbocycles. The SMILES string of the molecule is O=C(NCCCN1CCOCC1)c1csc(-c2cc3ccccc3[nH]2)n1. The number of aromatic amines is 1. The minimum Gasteiger partial charge on any atom is -0.379 e. The number of rotatable bonds is 6. The minimum absolute atomic E-state index is 0.106. The number of para-hydroxylation sites is 1. The van der Waals surface area contributed by atoms with E-state index in [0.29, 0.717) is 12.2 Å². The van der Waals surface area contributed by atoms with Gasteiger partial charge in [-0.2, -0.15) is 0 Å². The molecule has 7 heteroatoms. The van der Waals surface area contributed by atoms with Crippen LogP contribution in [0.2, 0.25) is 0 Å². The number of amides is 1. The van der Waals surface area contributed by atoms with Gasteiger partial charge in [0.25, 0.3) is 5.91 Å². The van der Waals surface area contributed by atoms with E-state index in [4.69, 9.17) is 4.74 Å². The molecule has 0 saturated carbocycles. The van der Waals surface area contributed by atoms with Gasteiger partial charge in [-0.15, -0.1) is 11.3 Å². The molecule has 3 heterocycles. The van der Waals surface area contributed by atoms with E-state index in [9.17, 15) is 4.79 Å². The van der Waals surface area contributed by atoms with Crippen LogP contribution in [0.5, 0.6) is 0 Å². The normalized spacial score (nSPS) is 15.4. The van der Waals surface area contributed by atoms with Crippen LogP contribution >= 0.6 is 11.3 Å². The van der Waals surface area contributed by atoms with E-state index in [2.05, 4.69) is 32.3 Å². The van der Waals surface area contributed by atoms with Crippen molar-refractivity contribution in [3.63, 3.8) is 0 Å². The van der Waals surface area contributed by atoms with Gasteiger partial charge < -0.3 is 15.0 Å². The van der Waals surface area contributed by atoms with Crippen molar-refractivity contribution in [3.05, 3.63) is 41.4 Å². The van der Waals surface area contributed by atoms with E-state index in [0.717, 1.165) is 60.9 Å². The van der Waals surface area contributed by atoms with Crippen molar-refractivity contribution in [2.24, 2.45) is 0 Å². The number of H-pyrrole nitrogens is 1. The van der Waals surface area contributed by atoms with Crippen molar-refractivity contribution < 1.29 is 9.53 Å². The predicted molar refractivity (Wildman–Crippen MR) is 104 cm³/mol. The predicted octanol–water partition coefficient (Wildman–Crippen LogP) is 2.74. The van der Waals surface area contributed by atoms with Gasteiger partial charge in [-0.05, 0) is 25.1 Å². The maximum Gasteiger partial charge on any atom is 0.270 e. The number of aromatic nitrogens is 2. The molecule has 0 atom stereocenters. The summed E-state index contributed by atoms with van der Waals surface area (Å²) in [5.41, 5.74) is 2.50. The maximum atomic E-state index is 12.3. The quantitative estimate of drug-likeness (QED) is 0.655. The Balaban J connectivity index is 1.31. The second-order valence-corrected chi connectivity index (χ2v) is 7.23. The lowest BCUT2D eigenvalue weighted by atomic mass is 10.2. The first-order chi connectivity index (χ1) is 12.8. The largest absolute Gasteiger partial charge is 0.379 e. The Hall–Kier alpha value is -2.22. The first-order valence-electron chi connectivity index (χ1n) is 8.91. The van der Waals surface area contributed by atoms with Gasteiger partial charge in [0.1, 0.15) is 10.7 Å². The highest BCUT2D eigenvalue weighted by Crippen LogP contribution is 2.26. The summed E-state index contributed by atoms with van der Waals surface area (Å²) in [6, 6.07) is 10.2.